The van der Waals surface area contributed by atoms with Gasteiger partial charge in [0.25, 0.3) is 0 Å². The molecular weight excluding hydrogens is 220 g/mol. The summed E-state index contributed by atoms with van der Waals surface area (Å²) in [6.45, 7) is 1.84. The van der Waals surface area contributed by atoms with E-state index in [0.29, 0.717) is 5.92 Å². The maximum atomic E-state index is 5.11. The number of nitrogens with zero attached hydrogens (tertiary/aromatic N) is 1. The molecule has 0 radical (unpaired) electrons. The van der Waals surface area contributed by atoms with Crippen LogP contribution in [-0.2, 0) is 17.6 Å². The van der Waals surface area contributed by atoms with Crippen LogP contribution in [0.2, 0.25) is 0 Å². The molecule has 4 heteroatoms. The van der Waals surface area contributed by atoms with Gasteiger partial charge in [-0.1, -0.05) is 0 Å². The molecule has 0 aliphatic heterocycles. The number of aryl methyl sites for hydroxylation is 1. The van der Waals surface area contributed by atoms with Gasteiger partial charge in [0.05, 0.1) is 17.3 Å². The van der Waals surface area contributed by atoms with E-state index >= 15 is 0 Å². The van der Waals surface area contributed by atoms with Crippen LogP contribution in [0.3, 0.4) is 0 Å². The summed E-state index contributed by atoms with van der Waals surface area (Å²) in [5.41, 5.74) is 1.36. The fourth-order valence-electron chi connectivity index (χ4n) is 2.30. The Bertz CT molecular complexity index is 338. The first-order chi connectivity index (χ1) is 7.85. The van der Waals surface area contributed by atoms with Gasteiger partial charge in [0.1, 0.15) is 0 Å². The van der Waals surface area contributed by atoms with Crippen molar-refractivity contribution in [1.82, 2.24) is 10.3 Å². The van der Waals surface area contributed by atoms with Crippen LogP contribution in [0, 0.1) is 0 Å². The van der Waals surface area contributed by atoms with E-state index in [4.69, 9.17) is 9.72 Å². The number of hydrogen-bond acceptors (Lipinski definition) is 4. The molecule has 0 fully saturated rings. The minimum Gasteiger partial charge on any atom is -0.384 e. The van der Waals surface area contributed by atoms with E-state index in [0.717, 1.165) is 19.6 Å². The summed E-state index contributed by atoms with van der Waals surface area (Å²) in [5.74, 6) is 0.626. The first-order valence-corrected chi connectivity index (χ1v) is 6.78. The van der Waals surface area contributed by atoms with E-state index in [-0.39, 0.29) is 0 Å². The van der Waals surface area contributed by atoms with Crippen LogP contribution in [0.4, 0.5) is 0 Å². The van der Waals surface area contributed by atoms with Crippen molar-refractivity contribution in [2.24, 2.45) is 0 Å². The van der Waals surface area contributed by atoms with Crippen LogP contribution in [-0.4, -0.2) is 32.3 Å². The van der Waals surface area contributed by atoms with Gasteiger partial charge in [0, 0.05) is 30.9 Å². The molecule has 0 amide bonds. The number of methoxy groups -OCH3 is 1. The molecule has 0 bridgehead atoms. The summed E-state index contributed by atoms with van der Waals surface area (Å²) in [6, 6.07) is 0. The minimum atomic E-state index is 0.626. The molecule has 2 rings (SSSR count). The lowest BCUT2D eigenvalue weighted by Crippen LogP contribution is -2.21. The highest BCUT2D eigenvalue weighted by Gasteiger charge is 2.23. The Morgan fingerprint density at radius 2 is 2.44 bits per heavy atom. The smallest absolute Gasteiger partial charge is 0.0954 e. The third-order valence-corrected chi connectivity index (χ3v) is 4.28. The molecular formula is C12H20N2OS. The van der Waals surface area contributed by atoms with Crippen LogP contribution in [0.25, 0.3) is 0 Å². The number of rotatable bonds is 5. The molecule has 1 aliphatic carbocycles. The van der Waals surface area contributed by atoms with Crippen molar-refractivity contribution in [2.75, 3.05) is 27.3 Å². The largest absolute Gasteiger partial charge is 0.384 e. The standard InChI is InChI=1S/C12H20N2OS/c1-13-8-9-4-3-5-10-12(9)14-11(16-10)6-7-15-2/h9,13H,3-8H2,1-2H3. The number of likely N-dealkylation sites (N-methyl/N-ethyl adjacent to an activating group) is 1. The molecule has 0 saturated carbocycles. The molecule has 1 aliphatic rings. The molecule has 3 nitrogen and oxygen atoms in total. The van der Waals surface area contributed by atoms with Gasteiger partial charge in [-0.2, -0.15) is 0 Å². The average Bonchev–Trinajstić information content (AvgIpc) is 2.70. The first-order valence-electron chi connectivity index (χ1n) is 5.97. The number of fused-ring (bicyclic) bond motifs is 1. The summed E-state index contributed by atoms with van der Waals surface area (Å²) < 4.78 is 5.11. The Hall–Kier alpha value is -0.450. The highest BCUT2D eigenvalue weighted by molar-refractivity contribution is 7.11. The van der Waals surface area contributed by atoms with Crippen molar-refractivity contribution >= 4 is 11.3 Å². The first kappa shape index (κ1) is 12.0. The molecule has 90 valence electrons. The SMILES string of the molecule is CNCC1CCCc2sc(CCOC)nc21. The van der Waals surface area contributed by atoms with Crippen LogP contribution < -0.4 is 5.32 Å². The topological polar surface area (TPSA) is 34.1 Å². The summed E-state index contributed by atoms with van der Waals surface area (Å²) in [4.78, 5) is 6.30. The van der Waals surface area contributed by atoms with E-state index in [9.17, 15) is 0 Å². The van der Waals surface area contributed by atoms with E-state index in [1.165, 1.54) is 34.8 Å². The summed E-state index contributed by atoms with van der Waals surface area (Å²) in [7, 11) is 3.77. The van der Waals surface area contributed by atoms with Gasteiger partial charge in [0.2, 0.25) is 0 Å². The van der Waals surface area contributed by atoms with E-state index in [2.05, 4.69) is 5.32 Å². The lowest BCUT2D eigenvalue weighted by Gasteiger charge is -2.20. The third-order valence-electron chi connectivity index (χ3n) is 3.09. The quantitative estimate of drug-likeness (QED) is 0.854. The Morgan fingerprint density at radius 1 is 1.56 bits per heavy atom. The molecule has 0 saturated heterocycles. The Balaban J connectivity index is 2.10. The van der Waals surface area contributed by atoms with Gasteiger partial charge < -0.3 is 10.1 Å². The number of thiazole rings is 1. The maximum Gasteiger partial charge on any atom is 0.0954 e. The molecule has 16 heavy (non-hydrogen) atoms. The number of ether oxygens (including phenoxy) is 1. The van der Waals surface area contributed by atoms with Crippen LogP contribution in [0.1, 0.15) is 34.3 Å². The second kappa shape index (κ2) is 5.75. The van der Waals surface area contributed by atoms with Gasteiger partial charge in [-0.05, 0) is 26.3 Å². The number of hydrogen-bond donors (Lipinski definition) is 1. The zero-order chi connectivity index (χ0) is 11.4. The zero-order valence-electron chi connectivity index (χ0n) is 10.1. The predicted molar refractivity (Wildman–Crippen MR) is 67.3 cm³/mol. The Labute approximate surface area is 101 Å². The lowest BCUT2D eigenvalue weighted by molar-refractivity contribution is 0.202. The summed E-state index contributed by atoms with van der Waals surface area (Å²) >= 11 is 1.89. The van der Waals surface area contributed by atoms with Crippen LogP contribution in [0.5, 0.6) is 0 Å². The lowest BCUT2D eigenvalue weighted by atomic mass is 9.91. The second-order valence-corrected chi connectivity index (χ2v) is 5.47. The maximum absolute atomic E-state index is 5.11. The molecule has 1 aromatic heterocycles. The molecule has 0 aromatic carbocycles. The molecule has 1 aromatic rings. The van der Waals surface area contributed by atoms with Gasteiger partial charge in [-0.3, -0.25) is 0 Å². The average molecular weight is 240 g/mol. The molecule has 0 spiro atoms. The zero-order valence-corrected chi connectivity index (χ0v) is 10.9. The molecule has 1 N–H and O–H groups in total. The normalized spacial score (nSPS) is 19.8. The van der Waals surface area contributed by atoms with Crippen molar-refractivity contribution < 1.29 is 4.74 Å². The van der Waals surface area contributed by atoms with Crippen molar-refractivity contribution in [3.05, 3.63) is 15.6 Å². The van der Waals surface area contributed by atoms with Crippen LogP contribution in [0.15, 0.2) is 0 Å². The van der Waals surface area contributed by atoms with Crippen molar-refractivity contribution in [1.29, 1.82) is 0 Å². The summed E-state index contributed by atoms with van der Waals surface area (Å²) in [5, 5.41) is 4.52. The van der Waals surface area contributed by atoms with Gasteiger partial charge >= 0.3 is 0 Å². The van der Waals surface area contributed by atoms with Crippen molar-refractivity contribution in [3.8, 4) is 0 Å². The molecule has 1 atom stereocenters. The highest BCUT2D eigenvalue weighted by atomic mass is 32.1. The van der Waals surface area contributed by atoms with E-state index in [1.54, 1.807) is 7.11 Å². The minimum absolute atomic E-state index is 0.626. The van der Waals surface area contributed by atoms with E-state index < -0.39 is 0 Å². The fourth-order valence-corrected chi connectivity index (χ4v) is 3.48. The van der Waals surface area contributed by atoms with Crippen molar-refractivity contribution in [3.63, 3.8) is 0 Å². The third kappa shape index (κ3) is 2.62. The molecule has 1 heterocycles. The fraction of sp³-hybridized carbons (Fsp3) is 0.750. The van der Waals surface area contributed by atoms with E-state index in [1.807, 2.05) is 18.4 Å². The predicted octanol–water partition coefficient (Wildman–Crippen LogP) is 1.97. The van der Waals surface area contributed by atoms with Gasteiger partial charge in [0.15, 0.2) is 0 Å². The highest BCUT2D eigenvalue weighted by Crippen LogP contribution is 2.34. The monoisotopic (exact) mass is 240 g/mol. The van der Waals surface area contributed by atoms with Crippen LogP contribution >= 0.6 is 11.3 Å². The number of aromatic nitrogens is 1. The van der Waals surface area contributed by atoms with Gasteiger partial charge in [-0.25, -0.2) is 4.98 Å². The summed E-state index contributed by atoms with van der Waals surface area (Å²) in [6.07, 6.45) is 4.77. The molecule has 1 unspecified atom stereocenters. The van der Waals surface area contributed by atoms with Gasteiger partial charge in [-0.15, -0.1) is 11.3 Å². The Kier molecular flexibility index (Phi) is 4.32. The number of nitrogens with one attached hydrogen (secondary N) is 1. The van der Waals surface area contributed by atoms with Crippen molar-refractivity contribution in [2.45, 2.75) is 31.6 Å². The second-order valence-electron chi connectivity index (χ2n) is 4.31. The Morgan fingerprint density at radius 3 is 3.19 bits per heavy atom.